The molecule has 0 radical (unpaired) electrons. The van der Waals surface area contributed by atoms with Gasteiger partial charge < -0.3 is 14.2 Å². The number of piperidine rings is 1. The highest BCUT2D eigenvalue weighted by Crippen LogP contribution is 2.26. The fourth-order valence-electron chi connectivity index (χ4n) is 4.16. The van der Waals surface area contributed by atoms with Crippen LogP contribution in [-0.2, 0) is 27.3 Å². The van der Waals surface area contributed by atoms with Crippen LogP contribution >= 0.6 is 23.2 Å². The molecule has 0 spiro atoms. The predicted octanol–water partition coefficient (Wildman–Crippen LogP) is 4.74. The van der Waals surface area contributed by atoms with Crippen LogP contribution in [0.3, 0.4) is 0 Å². The summed E-state index contributed by atoms with van der Waals surface area (Å²) in [6.45, 7) is 3.32. The number of hydrogen-bond acceptors (Lipinski definition) is 4. The summed E-state index contributed by atoms with van der Waals surface area (Å²) in [5.74, 6) is 0.226. The molecule has 2 heterocycles. The Kier molecular flexibility index (Phi) is 7.01. The van der Waals surface area contributed by atoms with E-state index in [0.29, 0.717) is 36.2 Å². The van der Waals surface area contributed by atoms with Crippen molar-refractivity contribution >= 4 is 46.1 Å². The first-order valence-corrected chi connectivity index (χ1v) is 11.5. The lowest BCUT2D eigenvalue weighted by atomic mass is 9.98. The quantitative estimate of drug-likeness (QED) is 0.485. The predicted molar refractivity (Wildman–Crippen MR) is 125 cm³/mol. The molecule has 0 N–H and O–H groups in total. The molecule has 3 aromatic rings. The van der Waals surface area contributed by atoms with Crippen molar-refractivity contribution < 1.29 is 14.3 Å². The summed E-state index contributed by atoms with van der Waals surface area (Å²) in [6.07, 6.45) is 2.01. The molecule has 1 unspecified atom stereocenters. The lowest BCUT2D eigenvalue weighted by Gasteiger charge is -2.31. The summed E-state index contributed by atoms with van der Waals surface area (Å²) in [6, 6.07) is 13.1. The third kappa shape index (κ3) is 4.92. The maximum absolute atomic E-state index is 13.2. The van der Waals surface area contributed by atoms with Gasteiger partial charge in [-0.25, -0.2) is 4.98 Å². The van der Waals surface area contributed by atoms with Crippen LogP contribution in [0.5, 0.6) is 0 Å². The second-order valence-electron chi connectivity index (χ2n) is 7.95. The van der Waals surface area contributed by atoms with Crippen molar-refractivity contribution in [1.82, 2.24) is 14.5 Å². The first-order valence-electron chi connectivity index (χ1n) is 10.8. The molecule has 6 nitrogen and oxygen atoms in total. The van der Waals surface area contributed by atoms with Gasteiger partial charge in [0.25, 0.3) is 0 Å². The smallest absolute Gasteiger partial charge is 0.310 e. The van der Waals surface area contributed by atoms with E-state index < -0.39 is 0 Å². The minimum atomic E-state index is -0.264. The summed E-state index contributed by atoms with van der Waals surface area (Å²) >= 11 is 12.4. The summed E-state index contributed by atoms with van der Waals surface area (Å²) in [4.78, 5) is 31.9. The van der Waals surface area contributed by atoms with E-state index in [1.165, 1.54) is 0 Å². The number of benzene rings is 2. The van der Waals surface area contributed by atoms with Crippen LogP contribution in [0.4, 0.5) is 0 Å². The molecule has 4 rings (SSSR count). The van der Waals surface area contributed by atoms with E-state index >= 15 is 0 Å². The van der Waals surface area contributed by atoms with Crippen LogP contribution in [-0.4, -0.2) is 46.0 Å². The van der Waals surface area contributed by atoms with E-state index in [2.05, 4.69) is 0 Å². The second-order valence-corrected chi connectivity index (χ2v) is 8.79. The highest BCUT2D eigenvalue weighted by Gasteiger charge is 2.30. The molecule has 0 bridgehead atoms. The van der Waals surface area contributed by atoms with Crippen LogP contribution in [0.15, 0.2) is 42.5 Å². The molecule has 0 aliphatic carbocycles. The van der Waals surface area contributed by atoms with Gasteiger partial charge in [0.2, 0.25) is 5.91 Å². The van der Waals surface area contributed by atoms with E-state index in [4.69, 9.17) is 32.9 Å². The fourth-order valence-corrected chi connectivity index (χ4v) is 4.64. The number of aromatic nitrogens is 2. The molecule has 168 valence electrons. The molecule has 1 fully saturated rings. The molecule has 1 amide bonds. The highest BCUT2D eigenvalue weighted by atomic mass is 35.5. The van der Waals surface area contributed by atoms with E-state index in [-0.39, 0.29) is 24.3 Å². The lowest BCUT2D eigenvalue weighted by Crippen LogP contribution is -2.44. The SMILES string of the molecule is CCOC(=O)C1CCCN(C(=O)Cn2c(Cc3ccc(Cl)cc3Cl)nc3ccccc32)C1. The number of halogens is 2. The van der Waals surface area contributed by atoms with Gasteiger partial charge in [-0.15, -0.1) is 0 Å². The maximum Gasteiger partial charge on any atom is 0.310 e. The van der Waals surface area contributed by atoms with Gasteiger partial charge in [0.05, 0.1) is 23.6 Å². The van der Waals surface area contributed by atoms with Gasteiger partial charge in [0, 0.05) is 29.6 Å². The monoisotopic (exact) mass is 473 g/mol. The number of carbonyl (C=O) groups excluding carboxylic acids is 2. The maximum atomic E-state index is 13.2. The Hall–Kier alpha value is -2.57. The summed E-state index contributed by atoms with van der Waals surface area (Å²) in [7, 11) is 0. The zero-order valence-corrected chi connectivity index (χ0v) is 19.4. The number of likely N-dealkylation sites (tertiary alicyclic amines) is 1. The number of amides is 1. The Morgan fingerprint density at radius 3 is 2.78 bits per heavy atom. The zero-order chi connectivity index (χ0) is 22.7. The van der Waals surface area contributed by atoms with Crippen molar-refractivity contribution in [2.24, 2.45) is 5.92 Å². The van der Waals surface area contributed by atoms with Crippen molar-refractivity contribution in [1.29, 1.82) is 0 Å². The van der Waals surface area contributed by atoms with Crippen molar-refractivity contribution in [2.75, 3.05) is 19.7 Å². The van der Waals surface area contributed by atoms with Gasteiger partial charge in [-0.3, -0.25) is 9.59 Å². The molecule has 1 saturated heterocycles. The van der Waals surface area contributed by atoms with Gasteiger partial charge >= 0.3 is 5.97 Å². The Morgan fingerprint density at radius 1 is 1.19 bits per heavy atom. The standard InChI is InChI=1S/C24H25Cl2N3O3/c1-2-32-24(31)17-6-5-11-28(14-17)23(30)15-29-21-8-4-3-7-20(21)27-22(29)12-16-9-10-18(25)13-19(16)26/h3-4,7-10,13,17H,2,5-6,11-12,14-15H2,1H3. The average Bonchev–Trinajstić information content (AvgIpc) is 3.13. The Balaban J connectivity index is 1.58. The third-order valence-corrected chi connectivity index (χ3v) is 6.37. The molecule has 2 aromatic carbocycles. The van der Waals surface area contributed by atoms with Gasteiger partial charge in [-0.05, 0) is 49.6 Å². The molecule has 1 aromatic heterocycles. The number of ether oxygens (including phenoxy) is 1. The van der Waals surface area contributed by atoms with Gasteiger partial charge in [-0.2, -0.15) is 0 Å². The van der Waals surface area contributed by atoms with E-state index in [1.807, 2.05) is 34.9 Å². The van der Waals surface area contributed by atoms with E-state index in [9.17, 15) is 9.59 Å². The topological polar surface area (TPSA) is 64.4 Å². The Morgan fingerprint density at radius 2 is 2.00 bits per heavy atom. The number of para-hydroxylation sites is 2. The molecular formula is C24H25Cl2N3O3. The Bertz CT molecular complexity index is 1140. The average molecular weight is 474 g/mol. The molecular weight excluding hydrogens is 449 g/mol. The lowest BCUT2D eigenvalue weighted by molar-refractivity contribution is -0.151. The first kappa shape index (κ1) is 22.6. The zero-order valence-electron chi connectivity index (χ0n) is 17.9. The molecule has 0 saturated carbocycles. The number of fused-ring (bicyclic) bond motifs is 1. The number of carbonyl (C=O) groups is 2. The number of imidazole rings is 1. The molecule has 8 heteroatoms. The summed E-state index contributed by atoms with van der Waals surface area (Å²) in [5.41, 5.74) is 2.60. The Labute approximate surface area is 197 Å². The van der Waals surface area contributed by atoms with E-state index in [0.717, 1.165) is 35.3 Å². The largest absolute Gasteiger partial charge is 0.466 e. The van der Waals surface area contributed by atoms with Crippen molar-refractivity contribution in [3.8, 4) is 0 Å². The van der Waals surface area contributed by atoms with Crippen LogP contribution in [0.2, 0.25) is 10.0 Å². The van der Waals surface area contributed by atoms with E-state index in [1.54, 1.807) is 24.0 Å². The van der Waals surface area contributed by atoms with Gasteiger partial charge in [-0.1, -0.05) is 41.4 Å². The number of rotatable bonds is 6. The first-order chi connectivity index (χ1) is 15.5. The number of hydrogen-bond donors (Lipinski definition) is 0. The minimum Gasteiger partial charge on any atom is -0.466 e. The minimum absolute atomic E-state index is 0.0365. The van der Waals surface area contributed by atoms with Gasteiger partial charge in [0.15, 0.2) is 0 Å². The summed E-state index contributed by atoms with van der Waals surface area (Å²) in [5, 5.41) is 1.14. The third-order valence-electron chi connectivity index (χ3n) is 5.78. The van der Waals surface area contributed by atoms with Crippen molar-refractivity contribution in [3.05, 3.63) is 63.9 Å². The van der Waals surface area contributed by atoms with Crippen molar-refractivity contribution in [3.63, 3.8) is 0 Å². The van der Waals surface area contributed by atoms with Crippen LogP contribution < -0.4 is 0 Å². The normalized spacial score (nSPS) is 16.3. The number of nitrogens with zero attached hydrogens (tertiary/aromatic N) is 3. The molecule has 1 aliphatic rings. The van der Waals surface area contributed by atoms with Crippen LogP contribution in [0.1, 0.15) is 31.2 Å². The van der Waals surface area contributed by atoms with Crippen molar-refractivity contribution in [2.45, 2.75) is 32.7 Å². The summed E-state index contributed by atoms with van der Waals surface area (Å²) < 4.78 is 7.11. The molecule has 1 aliphatic heterocycles. The van der Waals surface area contributed by atoms with Crippen LogP contribution in [0.25, 0.3) is 11.0 Å². The molecule has 32 heavy (non-hydrogen) atoms. The highest BCUT2D eigenvalue weighted by molar-refractivity contribution is 6.35. The molecule has 1 atom stereocenters. The number of esters is 1. The fraction of sp³-hybridized carbons (Fsp3) is 0.375. The second kappa shape index (κ2) is 9.92. The van der Waals surface area contributed by atoms with Crippen LogP contribution in [0, 0.1) is 5.92 Å². The van der Waals surface area contributed by atoms with Gasteiger partial charge in [0.1, 0.15) is 12.4 Å².